The fourth-order valence-electron chi connectivity index (χ4n) is 1.54. The van der Waals surface area contributed by atoms with Crippen molar-refractivity contribution in [1.29, 1.82) is 0 Å². The Bertz CT molecular complexity index is 441. The van der Waals surface area contributed by atoms with Crippen molar-refractivity contribution < 1.29 is 42.2 Å². The zero-order chi connectivity index (χ0) is 14.4. The van der Waals surface area contributed by atoms with Crippen LogP contribution in [0.2, 0.25) is 0 Å². The molecule has 114 valence electrons. The number of hydrogen-bond acceptors (Lipinski definition) is 4. The van der Waals surface area contributed by atoms with Gasteiger partial charge in [-0.3, -0.25) is 0 Å². The minimum atomic E-state index is -1.06. The molecular weight excluding hydrogens is 530 g/mol. The molecule has 0 aliphatic heterocycles. The number of aliphatic carboxylic acids is 2. The van der Waals surface area contributed by atoms with Gasteiger partial charge in [0.1, 0.15) is 0 Å². The van der Waals surface area contributed by atoms with E-state index in [1.165, 1.54) is 4.90 Å². The van der Waals surface area contributed by atoms with E-state index in [-0.39, 0.29) is 39.6 Å². The number of nitrogens with zero attached hydrogens (tertiary/aromatic N) is 1. The van der Waals surface area contributed by atoms with Gasteiger partial charge in [0.25, 0.3) is 0 Å². The van der Waals surface area contributed by atoms with Crippen LogP contribution < -0.4 is 4.90 Å². The second-order valence-corrected chi connectivity index (χ2v) is 6.41. The van der Waals surface area contributed by atoms with E-state index in [0.29, 0.717) is 5.69 Å². The van der Waals surface area contributed by atoms with Crippen LogP contribution in [0.5, 0.6) is 0 Å². The summed E-state index contributed by atoms with van der Waals surface area (Å²) in [5.41, 5.74) is 1.66. The van der Waals surface area contributed by atoms with Gasteiger partial charge in [0.15, 0.2) is 0 Å². The largest absolute Gasteiger partial charge is 0 e. The maximum absolute atomic E-state index is 10.7. The molecule has 1 aromatic carbocycles. The summed E-state index contributed by atoms with van der Waals surface area (Å²) < 4.78 is 0.224. The Balaban J connectivity index is 0.00000361. The molecule has 0 aliphatic carbocycles. The molecule has 0 fully saturated rings. The van der Waals surface area contributed by atoms with Gasteiger partial charge in [-0.25, -0.2) is 0 Å². The molecule has 20 heavy (non-hydrogen) atoms. The smallest absolute Gasteiger partial charge is 0 e. The molecule has 2 N–H and O–H groups in total. The topological polar surface area (TPSA) is 77.8 Å². The monoisotopic (exact) mass is 545 g/mol. The van der Waals surface area contributed by atoms with Crippen molar-refractivity contribution in [3.8, 4) is 0 Å². The van der Waals surface area contributed by atoms with Gasteiger partial charge in [-0.15, -0.1) is 0 Å². The quantitative estimate of drug-likeness (QED) is 0.503. The SMILES string of the molecule is CSC([Se])c1ccc(N(CC(=O)O)CC(=O)O)cc1.[Au]. The van der Waals surface area contributed by atoms with E-state index in [1.807, 2.05) is 18.4 Å². The number of thioether (sulfide) groups is 1. The molecular formula is C12H14AuNO4SSe. The summed E-state index contributed by atoms with van der Waals surface area (Å²) in [6.07, 6.45) is 1.98. The summed E-state index contributed by atoms with van der Waals surface area (Å²) in [7, 11) is 0. The Kier molecular flexibility index (Phi) is 9.29. The van der Waals surface area contributed by atoms with Gasteiger partial charge in [-0.2, -0.15) is 0 Å². The average molecular weight is 544 g/mol. The van der Waals surface area contributed by atoms with Crippen LogP contribution in [0, 0.1) is 0 Å². The molecule has 1 aromatic rings. The van der Waals surface area contributed by atoms with Crippen LogP contribution in [0.25, 0.3) is 0 Å². The molecule has 0 saturated heterocycles. The van der Waals surface area contributed by atoms with Gasteiger partial charge in [-0.05, 0) is 0 Å². The average Bonchev–Trinajstić information content (AvgIpc) is 2.36. The summed E-state index contributed by atoms with van der Waals surface area (Å²) in [5.74, 6) is -2.12. The Labute approximate surface area is 145 Å². The number of anilines is 1. The Morgan fingerprint density at radius 3 is 2.00 bits per heavy atom. The minimum Gasteiger partial charge on any atom is 0 e. The first kappa shape index (κ1) is 19.6. The number of carbonyl (C=O) groups is 2. The number of rotatable bonds is 7. The summed E-state index contributed by atoms with van der Waals surface area (Å²) in [5, 5.41) is 17.6. The number of carboxylic acid groups (broad SMARTS) is 2. The first-order chi connectivity index (χ1) is 8.93. The van der Waals surface area contributed by atoms with Crippen molar-refractivity contribution in [2.75, 3.05) is 24.2 Å². The summed E-state index contributed by atoms with van der Waals surface area (Å²) in [6, 6.07) is 7.21. The van der Waals surface area contributed by atoms with Crippen molar-refractivity contribution in [3.05, 3.63) is 29.8 Å². The molecule has 1 rings (SSSR count). The number of carboxylic acids is 2. The molecule has 0 amide bonds. The standard InChI is InChI=1S/C12H14NO4SSe.Au/c1-18-12(19)8-2-4-9(5-3-8)13(6-10(14)15)7-11(16)17;/h2-5,12H,6-7H2,1H3,(H,14,15)(H,16,17);. The Morgan fingerprint density at radius 2 is 1.65 bits per heavy atom. The zero-order valence-corrected chi connectivity index (χ0v) is 15.3. The maximum atomic E-state index is 10.7. The summed E-state index contributed by atoms with van der Waals surface area (Å²) in [4.78, 5) is 22.8. The molecule has 0 saturated carbocycles. The summed E-state index contributed by atoms with van der Waals surface area (Å²) in [6.45, 7) is -0.675. The van der Waals surface area contributed by atoms with Crippen LogP contribution >= 0.6 is 11.8 Å². The molecule has 0 aliphatic rings. The van der Waals surface area contributed by atoms with Crippen molar-refractivity contribution in [3.63, 3.8) is 0 Å². The van der Waals surface area contributed by atoms with E-state index in [2.05, 4.69) is 16.0 Å². The summed E-state index contributed by atoms with van der Waals surface area (Å²) >= 11 is 4.67. The van der Waals surface area contributed by atoms with E-state index in [4.69, 9.17) is 10.2 Å². The van der Waals surface area contributed by atoms with Crippen LogP contribution in [0.4, 0.5) is 5.69 Å². The van der Waals surface area contributed by atoms with Gasteiger partial charge in [0.2, 0.25) is 0 Å². The fourth-order valence-corrected chi connectivity index (χ4v) is 2.30. The van der Waals surface area contributed by atoms with Gasteiger partial charge < -0.3 is 0 Å². The van der Waals surface area contributed by atoms with Crippen LogP contribution in [0.15, 0.2) is 24.3 Å². The first-order valence-electron chi connectivity index (χ1n) is 5.41. The molecule has 2 radical (unpaired) electrons. The molecule has 0 spiro atoms. The predicted molar refractivity (Wildman–Crippen MR) is 75.9 cm³/mol. The van der Waals surface area contributed by atoms with Gasteiger partial charge >= 0.3 is 123 Å². The van der Waals surface area contributed by atoms with Crippen molar-refractivity contribution in [1.82, 2.24) is 0 Å². The molecule has 8 heteroatoms. The number of benzene rings is 1. The third kappa shape index (κ3) is 6.35. The molecule has 1 atom stereocenters. The second kappa shape index (κ2) is 9.50. The first-order valence-corrected chi connectivity index (χ1v) is 7.69. The minimum absolute atomic E-state index is 0. The van der Waals surface area contributed by atoms with Crippen molar-refractivity contribution >= 4 is 45.4 Å². The molecule has 5 nitrogen and oxygen atoms in total. The van der Waals surface area contributed by atoms with Crippen molar-refractivity contribution in [2.45, 2.75) is 4.15 Å². The second-order valence-electron chi connectivity index (χ2n) is 3.80. The molecule has 0 heterocycles. The maximum Gasteiger partial charge on any atom is 0 e. The van der Waals surface area contributed by atoms with Crippen LogP contribution in [-0.4, -0.2) is 57.5 Å². The van der Waals surface area contributed by atoms with E-state index in [0.717, 1.165) is 5.56 Å². The fraction of sp³-hybridized carbons (Fsp3) is 0.333. The van der Waals surface area contributed by atoms with E-state index in [1.54, 1.807) is 23.9 Å². The normalized spacial score (nSPS) is 11.3. The zero-order valence-electron chi connectivity index (χ0n) is 10.6. The Hall–Kier alpha value is -0.430. The molecule has 0 aromatic heterocycles. The van der Waals surface area contributed by atoms with Crippen molar-refractivity contribution in [2.24, 2.45) is 0 Å². The van der Waals surface area contributed by atoms with E-state index < -0.39 is 11.9 Å². The van der Waals surface area contributed by atoms with E-state index in [9.17, 15) is 9.59 Å². The third-order valence-corrected chi connectivity index (χ3v) is 4.88. The van der Waals surface area contributed by atoms with Gasteiger partial charge in [0, 0.05) is 22.4 Å². The van der Waals surface area contributed by atoms with Gasteiger partial charge in [0.05, 0.1) is 0 Å². The Morgan fingerprint density at radius 1 is 1.20 bits per heavy atom. The predicted octanol–water partition coefficient (Wildman–Crippen LogP) is 1.19. The molecule has 1 unspecified atom stereocenters. The van der Waals surface area contributed by atoms with Crippen LogP contribution in [0.3, 0.4) is 0 Å². The van der Waals surface area contributed by atoms with Crippen LogP contribution in [-0.2, 0) is 32.0 Å². The number of hydrogen-bond donors (Lipinski definition) is 2. The van der Waals surface area contributed by atoms with Crippen LogP contribution in [0.1, 0.15) is 9.71 Å². The van der Waals surface area contributed by atoms with Gasteiger partial charge in [-0.1, -0.05) is 0 Å². The third-order valence-electron chi connectivity index (χ3n) is 2.40. The molecule has 0 bridgehead atoms. The van der Waals surface area contributed by atoms with E-state index >= 15 is 0 Å².